The van der Waals surface area contributed by atoms with Crippen molar-refractivity contribution in [2.45, 2.75) is 25.2 Å². The molecule has 4 nitrogen and oxygen atoms in total. The predicted molar refractivity (Wildman–Crippen MR) is 67.5 cm³/mol. The third kappa shape index (κ3) is 1.68. The number of benzene rings is 1. The van der Waals surface area contributed by atoms with Gasteiger partial charge < -0.3 is 9.84 Å². The van der Waals surface area contributed by atoms with E-state index in [0.717, 1.165) is 30.6 Å². The third-order valence-corrected chi connectivity index (χ3v) is 3.78. The minimum atomic E-state index is 0.210. The largest absolute Gasteiger partial charge is 0.384 e. The summed E-state index contributed by atoms with van der Waals surface area (Å²) in [5.41, 5.74) is 2.45. The van der Waals surface area contributed by atoms with Gasteiger partial charge in [0.25, 0.3) is 0 Å². The summed E-state index contributed by atoms with van der Waals surface area (Å²) in [4.78, 5) is 4.55. The molecule has 1 aliphatic heterocycles. The van der Waals surface area contributed by atoms with Crippen LogP contribution >= 0.6 is 0 Å². The monoisotopic (exact) mass is 241 g/mol. The quantitative estimate of drug-likeness (QED) is 0.897. The van der Waals surface area contributed by atoms with Crippen molar-refractivity contribution >= 4 is 5.69 Å². The summed E-state index contributed by atoms with van der Waals surface area (Å²) in [6, 6.07) is 8.32. The fourth-order valence-electron chi connectivity index (χ4n) is 2.58. The van der Waals surface area contributed by atoms with Crippen LogP contribution in [0.15, 0.2) is 28.8 Å². The smallest absolute Gasteiger partial charge is 0.236 e. The molecule has 1 aromatic carbocycles. The Kier molecular flexibility index (Phi) is 2.15. The first-order valence-corrected chi connectivity index (χ1v) is 6.55. The number of nitrogens with one attached hydrogen (secondary N) is 1. The summed E-state index contributed by atoms with van der Waals surface area (Å²) in [5, 5.41) is 7.48. The van der Waals surface area contributed by atoms with Crippen LogP contribution in [0.3, 0.4) is 0 Å². The summed E-state index contributed by atoms with van der Waals surface area (Å²) < 4.78 is 5.43. The van der Waals surface area contributed by atoms with Crippen molar-refractivity contribution < 1.29 is 4.52 Å². The highest BCUT2D eigenvalue weighted by Gasteiger charge is 2.29. The van der Waals surface area contributed by atoms with Gasteiger partial charge in [-0.05, 0) is 30.4 Å². The highest BCUT2D eigenvalue weighted by molar-refractivity contribution is 5.59. The van der Waals surface area contributed by atoms with Gasteiger partial charge in [-0.1, -0.05) is 23.4 Å². The Morgan fingerprint density at radius 1 is 1.28 bits per heavy atom. The highest BCUT2D eigenvalue weighted by atomic mass is 16.5. The fourth-order valence-corrected chi connectivity index (χ4v) is 2.58. The zero-order valence-corrected chi connectivity index (χ0v) is 10.1. The molecular formula is C14H15N3O. The molecule has 1 fully saturated rings. The molecule has 2 aromatic rings. The lowest BCUT2D eigenvalue weighted by atomic mass is 10.0. The number of anilines is 1. The van der Waals surface area contributed by atoms with Crippen LogP contribution in [-0.2, 0) is 6.42 Å². The number of hydrogen-bond acceptors (Lipinski definition) is 4. The Hall–Kier alpha value is -1.84. The summed E-state index contributed by atoms with van der Waals surface area (Å²) in [6.45, 7) is 0.852. The molecule has 1 N–H and O–H groups in total. The number of para-hydroxylation sites is 1. The molecule has 4 heteroatoms. The standard InChI is InChI=1S/C14H15N3O/c1-2-4-12-10(3-1)11(8-15-12)14-16-13(17-18-14)7-9-5-6-9/h1-4,9,11,15H,5-8H2. The third-order valence-electron chi connectivity index (χ3n) is 3.78. The maximum absolute atomic E-state index is 5.43. The summed E-state index contributed by atoms with van der Waals surface area (Å²) >= 11 is 0. The van der Waals surface area contributed by atoms with Gasteiger partial charge in [-0.3, -0.25) is 0 Å². The second-order valence-electron chi connectivity index (χ2n) is 5.22. The van der Waals surface area contributed by atoms with E-state index in [9.17, 15) is 0 Å². The average molecular weight is 241 g/mol. The van der Waals surface area contributed by atoms with Crippen LogP contribution in [0, 0.1) is 5.92 Å². The lowest BCUT2D eigenvalue weighted by Gasteiger charge is -2.02. The maximum atomic E-state index is 5.43. The van der Waals surface area contributed by atoms with Gasteiger partial charge in [-0.15, -0.1) is 0 Å². The van der Waals surface area contributed by atoms with E-state index in [4.69, 9.17) is 4.52 Å². The van der Waals surface area contributed by atoms with Gasteiger partial charge in [0.15, 0.2) is 5.82 Å². The van der Waals surface area contributed by atoms with Gasteiger partial charge in [0.2, 0.25) is 5.89 Å². The molecule has 2 heterocycles. The SMILES string of the molecule is c1ccc2c(c1)NCC2c1nc(CC2CC2)no1. The Morgan fingerprint density at radius 2 is 2.17 bits per heavy atom. The van der Waals surface area contributed by atoms with Crippen LogP contribution in [0.4, 0.5) is 5.69 Å². The van der Waals surface area contributed by atoms with Crippen molar-refractivity contribution in [1.29, 1.82) is 0 Å². The van der Waals surface area contributed by atoms with E-state index in [1.807, 2.05) is 6.07 Å². The topological polar surface area (TPSA) is 51.0 Å². The van der Waals surface area contributed by atoms with E-state index in [1.165, 1.54) is 24.1 Å². The van der Waals surface area contributed by atoms with Crippen molar-refractivity contribution in [3.05, 3.63) is 41.5 Å². The molecule has 0 spiro atoms. The number of fused-ring (bicyclic) bond motifs is 1. The van der Waals surface area contributed by atoms with Gasteiger partial charge in [0, 0.05) is 18.7 Å². The lowest BCUT2D eigenvalue weighted by molar-refractivity contribution is 0.364. The van der Waals surface area contributed by atoms with E-state index in [-0.39, 0.29) is 5.92 Å². The Bertz CT molecular complexity index is 574. The maximum Gasteiger partial charge on any atom is 0.236 e. The molecule has 0 radical (unpaired) electrons. The molecule has 1 aliphatic carbocycles. The van der Waals surface area contributed by atoms with Crippen LogP contribution in [0.25, 0.3) is 0 Å². The molecule has 0 saturated heterocycles. The molecule has 4 rings (SSSR count). The molecule has 92 valence electrons. The summed E-state index contributed by atoms with van der Waals surface area (Å²) in [7, 11) is 0. The van der Waals surface area contributed by atoms with Gasteiger partial charge in [0.05, 0.1) is 5.92 Å². The molecule has 0 amide bonds. The van der Waals surface area contributed by atoms with Gasteiger partial charge in [-0.25, -0.2) is 0 Å². The zero-order chi connectivity index (χ0) is 11.9. The first-order chi connectivity index (χ1) is 8.90. The minimum Gasteiger partial charge on any atom is -0.384 e. The van der Waals surface area contributed by atoms with E-state index in [2.05, 4.69) is 33.7 Å². The van der Waals surface area contributed by atoms with Crippen molar-refractivity contribution in [3.63, 3.8) is 0 Å². The minimum absolute atomic E-state index is 0.210. The highest BCUT2D eigenvalue weighted by Crippen LogP contribution is 2.36. The molecule has 2 aliphatic rings. The second kappa shape index (κ2) is 3.83. The van der Waals surface area contributed by atoms with Gasteiger partial charge >= 0.3 is 0 Å². The van der Waals surface area contributed by atoms with E-state index in [0.29, 0.717) is 0 Å². The molecule has 1 unspecified atom stereocenters. The predicted octanol–water partition coefficient (Wildman–Crippen LogP) is 2.58. The molecule has 1 aromatic heterocycles. The van der Waals surface area contributed by atoms with Crippen LogP contribution in [0.5, 0.6) is 0 Å². The number of aromatic nitrogens is 2. The van der Waals surface area contributed by atoms with Crippen LogP contribution < -0.4 is 5.32 Å². The van der Waals surface area contributed by atoms with Gasteiger partial charge in [0.1, 0.15) is 0 Å². The molecule has 0 bridgehead atoms. The summed E-state index contributed by atoms with van der Waals surface area (Å²) in [5.74, 6) is 2.63. The van der Waals surface area contributed by atoms with Gasteiger partial charge in [-0.2, -0.15) is 4.98 Å². The zero-order valence-electron chi connectivity index (χ0n) is 10.1. The fraction of sp³-hybridized carbons (Fsp3) is 0.429. The Morgan fingerprint density at radius 3 is 3.06 bits per heavy atom. The van der Waals surface area contributed by atoms with Crippen molar-refractivity contribution in [2.24, 2.45) is 5.92 Å². The Balaban J connectivity index is 1.61. The van der Waals surface area contributed by atoms with E-state index in [1.54, 1.807) is 0 Å². The van der Waals surface area contributed by atoms with Crippen LogP contribution in [-0.4, -0.2) is 16.7 Å². The number of rotatable bonds is 3. The lowest BCUT2D eigenvalue weighted by Crippen LogP contribution is -2.04. The van der Waals surface area contributed by atoms with E-state index >= 15 is 0 Å². The van der Waals surface area contributed by atoms with Crippen molar-refractivity contribution in [3.8, 4) is 0 Å². The number of hydrogen-bond donors (Lipinski definition) is 1. The Labute approximate surface area is 105 Å². The van der Waals surface area contributed by atoms with Crippen LogP contribution in [0.1, 0.15) is 36.0 Å². The molecular weight excluding hydrogens is 226 g/mol. The molecule has 1 atom stereocenters. The summed E-state index contributed by atoms with van der Waals surface area (Å²) in [6.07, 6.45) is 3.61. The first kappa shape index (κ1) is 10.1. The second-order valence-corrected chi connectivity index (χ2v) is 5.22. The number of nitrogens with zero attached hydrogens (tertiary/aromatic N) is 2. The van der Waals surface area contributed by atoms with Crippen LogP contribution in [0.2, 0.25) is 0 Å². The van der Waals surface area contributed by atoms with E-state index < -0.39 is 0 Å². The normalized spacial score (nSPS) is 21.7. The first-order valence-electron chi connectivity index (χ1n) is 6.55. The van der Waals surface area contributed by atoms with Crippen molar-refractivity contribution in [1.82, 2.24) is 10.1 Å². The molecule has 18 heavy (non-hydrogen) atoms. The molecule has 1 saturated carbocycles. The average Bonchev–Trinajstić information content (AvgIpc) is 2.91. The van der Waals surface area contributed by atoms with Crippen molar-refractivity contribution in [2.75, 3.05) is 11.9 Å².